The number of aliphatic hydroxyl groups excluding tert-OH is 1. The molecule has 0 aromatic heterocycles. The minimum Gasteiger partial charge on any atom is -0.394 e. The highest BCUT2D eigenvalue weighted by atomic mass is 16.5. The maximum atomic E-state index is 8.98. The van der Waals surface area contributed by atoms with Crippen molar-refractivity contribution in [2.75, 3.05) is 19.8 Å². The van der Waals surface area contributed by atoms with Crippen molar-refractivity contribution >= 4 is 0 Å². The zero-order valence-corrected chi connectivity index (χ0v) is 11.7. The standard InChI is InChI=1S/C14H31NO2/c1-3-4-5-6-8-11-17-12-9-7-10-14(2,15)13-16/h16H,3-13,15H2,1-2H3. The summed E-state index contributed by atoms with van der Waals surface area (Å²) in [4.78, 5) is 0. The Balaban J connectivity index is 3.09. The third-order valence-corrected chi connectivity index (χ3v) is 3.04. The van der Waals surface area contributed by atoms with Crippen molar-refractivity contribution in [2.45, 2.75) is 70.8 Å². The smallest absolute Gasteiger partial charge is 0.0608 e. The van der Waals surface area contributed by atoms with Crippen LogP contribution in [0.1, 0.15) is 65.2 Å². The van der Waals surface area contributed by atoms with Crippen molar-refractivity contribution in [3.05, 3.63) is 0 Å². The van der Waals surface area contributed by atoms with Gasteiger partial charge in [0.15, 0.2) is 0 Å². The summed E-state index contributed by atoms with van der Waals surface area (Å²) in [7, 11) is 0. The molecule has 3 nitrogen and oxygen atoms in total. The topological polar surface area (TPSA) is 55.5 Å². The van der Waals surface area contributed by atoms with Gasteiger partial charge >= 0.3 is 0 Å². The van der Waals surface area contributed by atoms with Gasteiger partial charge in [-0.05, 0) is 32.6 Å². The summed E-state index contributed by atoms with van der Waals surface area (Å²) in [5.74, 6) is 0. The van der Waals surface area contributed by atoms with E-state index in [0.717, 1.165) is 32.5 Å². The van der Waals surface area contributed by atoms with Crippen LogP contribution in [0.15, 0.2) is 0 Å². The Labute approximate surface area is 107 Å². The molecule has 1 atom stereocenters. The van der Waals surface area contributed by atoms with Gasteiger partial charge in [0.1, 0.15) is 0 Å². The number of unbranched alkanes of at least 4 members (excludes halogenated alkanes) is 5. The van der Waals surface area contributed by atoms with Gasteiger partial charge in [0.2, 0.25) is 0 Å². The summed E-state index contributed by atoms with van der Waals surface area (Å²) in [5, 5.41) is 8.98. The molecule has 104 valence electrons. The molecule has 0 aromatic carbocycles. The van der Waals surface area contributed by atoms with Crippen LogP contribution in [0.4, 0.5) is 0 Å². The molecule has 17 heavy (non-hydrogen) atoms. The van der Waals surface area contributed by atoms with Gasteiger partial charge in [-0.1, -0.05) is 32.6 Å². The van der Waals surface area contributed by atoms with Gasteiger partial charge in [0.05, 0.1) is 6.61 Å². The second kappa shape index (κ2) is 11.0. The molecular formula is C14H31NO2. The molecule has 0 bridgehead atoms. The van der Waals surface area contributed by atoms with Gasteiger partial charge in [-0.25, -0.2) is 0 Å². The van der Waals surface area contributed by atoms with Crippen LogP contribution < -0.4 is 5.73 Å². The molecule has 0 saturated heterocycles. The summed E-state index contributed by atoms with van der Waals surface area (Å²) in [6.07, 6.45) is 9.39. The van der Waals surface area contributed by atoms with E-state index >= 15 is 0 Å². The minimum absolute atomic E-state index is 0.0608. The number of hydrogen-bond donors (Lipinski definition) is 2. The second-order valence-electron chi connectivity index (χ2n) is 5.30. The third-order valence-electron chi connectivity index (χ3n) is 3.04. The van der Waals surface area contributed by atoms with Crippen LogP contribution in [0, 0.1) is 0 Å². The summed E-state index contributed by atoms with van der Waals surface area (Å²) in [5.41, 5.74) is 5.42. The molecule has 1 unspecified atom stereocenters. The molecule has 0 heterocycles. The van der Waals surface area contributed by atoms with Crippen molar-refractivity contribution in [3.63, 3.8) is 0 Å². The van der Waals surface area contributed by atoms with Crippen LogP contribution in [0.3, 0.4) is 0 Å². The van der Waals surface area contributed by atoms with Gasteiger partial charge in [-0.2, -0.15) is 0 Å². The van der Waals surface area contributed by atoms with Gasteiger partial charge in [-0.15, -0.1) is 0 Å². The lowest BCUT2D eigenvalue weighted by atomic mass is 9.97. The van der Waals surface area contributed by atoms with Crippen LogP contribution in [0.5, 0.6) is 0 Å². The molecule has 0 amide bonds. The molecule has 0 aliphatic rings. The highest BCUT2D eigenvalue weighted by molar-refractivity contribution is 4.76. The largest absolute Gasteiger partial charge is 0.394 e. The fourth-order valence-corrected chi connectivity index (χ4v) is 1.72. The van der Waals surface area contributed by atoms with Crippen LogP contribution >= 0.6 is 0 Å². The summed E-state index contributed by atoms with van der Waals surface area (Å²) in [6.45, 7) is 5.90. The fraction of sp³-hybridized carbons (Fsp3) is 1.00. The maximum Gasteiger partial charge on any atom is 0.0608 e. The average molecular weight is 245 g/mol. The van der Waals surface area contributed by atoms with Crippen LogP contribution in [0.2, 0.25) is 0 Å². The fourth-order valence-electron chi connectivity index (χ4n) is 1.72. The Bertz CT molecular complexity index is 160. The Hall–Kier alpha value is -0.120. The average Bonchev–Trinajstić information content (AvgIpc) is 2.31. The monoisotopic (exact) mass is 245 g/mol. The van der Waals surface area contributed by atoms with Crippen molar-refractivity contribution in [2.24, 2.45) is 5.73 Å². The zero-order chi connectivity index (χ0) is 13.0. The van der Waals surface area contributed by atoms with Gasteiger partial charge < -0.3 is 15.6 Å². The predicted octanol–water partition coefficient (Wildman–Crippen LogP) is 2.85. The Kier molecular flexibility index (Phi) is 10.9. The predicted molar refractivity (Wildman–Crippen MR) is 73.1 cm³/mol. The highest BCUT2D eigenvalue weighted by Crippen LogP contribution is 2.09. The Morgan fingerprint density at radius 1 is 1.00 bits per heavy atom. The third kappa shape index (κ3) is 12.1. The molecule has 0 aromatic rings. The maximum absolute atomic E-state index is 8.98. The summed E-state index contributed by atoms with van der Waals surface area (Å²) >= 11 is 0. The van der Waals surface area contributed by atoms with E-state index in [-0.39, 0.29) is 6.61 Å². The lowest BCUT2D eigenvalue weighted by Gasteiger charge is -2.21. The van der Waals surface area contributed by atoms with E-state index in [1.54, 1.807) is 0 Å². The first-order valence-corrected chi connectivity index (χ1v) is 7.10. The van der Waals surface area contributed by atoms with E-state index in [9.17, 15) is 0 Å². The second-order valence-corrected chi connectivity index (χ2v) is 5.30. The van der Waals surface area contributed by atoms with Crippen molar-refractivity contribution in [1.29, 1.82) is 0 Å². The van der Waals surface area contributed by atoms with E-state index in [1.165, 1.54) is 32.1 Å². The number of aliphatic hydroxyl groups is 1. The van der Waals surface area contributed by atoms with Crippen LogP contribution in [-0.2, 0) is 4.74 Å². The van der Waals surface area contributed by atoms with E-state index in [1.807, 2.05) is 6.92 Å². The molecule has 0 aliphatic heterocycles. The molecule has 0 saturated carbocycles. The van der Waals surface area contributed by atoms with Gasteiger partial charge in [0, 0.05) is 18.8 Å². The van der Waals surface area contributed by atoms with Gasteiger partial charge in [-0.3, -0.25) is 0 Å². The van der Waals surface area contributed by atoms with Crippen molar-refractivity contribution in [1.82, 2.24) is 0 Å². The molecule has 3 N–H and O–H groups in total. The molecular weight excluding hydrogens is 214 g/mol. The lowest BCUT2D eigenvalue weighted by molar-refractivity contribution is 0.122. The number of rotatable bonds is 12. The highest BCUT2D eigenvalue weighted by Gasteiger charge is 2.15. The van der Waals surface area contributed by atoms with E-state index < -0.39 is 5.54 Å². The van der Waals surface area contributed by atoms with Crippen LogP contribution in [0.25, 0.3) is 0 Å². The normalized spacial score (nSPS) is 14.8. The zero-order valence-electron chi connectivity index (χ0n) is 11.7. The molecule has 0 spiro atoms. The molecule has 0 radical (unpaired) electrons. The molecule has 0 rings (SSSR count). The first-order valence-electron chi connectivity index (χ1n) is 7.10. The number of hydrogen-bond acceptors (Lipinski definition) is 3. The summed E-state index contributed by atoms with van der Waals surface area (Å²) < 4.78 is 5.56. The molecule has 0 aliphatic carbocycles. The quantitative estimate of drug-likeness (QED) is 0.520. The van der Waals surface area contributed by atoms with E-state index in [0.29, 0.717) is 0 Å². The van der Waals surface area contributed by atoms with E-state index in [4.69, 9.17) is 15.6 Å². The first kappa shape index (κ1) is 16.9. The Morgan fingerprint density at radius 2 is 1.59 bits per heavy atom. The van der Waals surface area contributed by atoms with Crippen molar-refractivity contribution in [3.8, 4) is 0 Å². The SMILES string of the molecule is CCCCCCCOCCCCC(C)(N)CO. The molecule has 0 fully saturated rings. The number of ether oxygens (including phenoxy) is 1. The Morgan fingerprint density at radius 3 is 2.18 bits per heavy atom. The number of nitrogens with two attached hydrogens (primary N) is 1. The van der Waals surface area contributed by atoms with Crippen LogP contribution in [-0.4, -0.2) is 30.5 Å². The minimum atomic E-state index is -0.417. The summed E-state index contributed by atoms with van der Waals surface area (Å²) in [6, 6.07) is 0. The van der Waals surface area contributed by atoms with Crippen molar-refractivity contribution < 1.29 is 9.84 Å². The first-order chi connectivity index (χ1) is 8.12. The van der Waals surface area contributed by atoms with E-state index in [2.05, 4.69) is 6.92 Å². The van der Waals surface area contributed by atoms with Gasteiger partial charge in [0.25, 0.3) is 0 Å². The lowest BCUT2D eigenvalue weighted by Crippen LogP contribution is -2.39. The molecule has 3 heteroatoms.